The van der Waals surface area contributed by atoms with Crippen LogP contribution < -0.4 is 5.32 Å². The van der Waals surface area contributed by atoms with Crippen LogP contribution in [0.5, 0.6) is 0 Å². The van der Waals surface area contributed by atoms with Crippen molar-refractivity contribution in [2.24, 2.45) is 0 Å². The quantitative estimate of drug-likeness (QED) is 0.314. The van der Waals surface area contributed by atoms with Gasteiger partial charge in [-0.25, -0.2) is 0 Å². The summed E-state index contributed by atoms with van der Waals surface area (Å²) in [4.78, 5) is 0. The Morgan fingerprint density at radius 2 is 1.03 bits per heavy atom. The van der Waals surface area contributed by atoms with Crippen molar-refractivity contribution >= 4 is 33.3 Å². The highest BCUT2D eigenvalue weighted by Crippen LogP contribution is 2.36. The van der Waals surface area contributed by atoms with Crippen molar-refractivity contribution < 1.29 is 4.42 Å². The minimum atomic E-state index is 0.923. The second-order valence-electron chi connectivity index (χ2n) is 7.93. The molecule has 32 heavy (non-hydrogen) atoms. The summed E-state index contributed by atoms with van der Waals surface area (Å²) in [5.41, 5.74) is 8.67. The van der Waals surface area contributed by atoms with E-state index in [-0.39, 0.29) is 0 Å². The molecule has 152 valence electrons. The molecule has 0 saturated carbocycles. The Kier molecular flexibility index (Phi) is 4.47. The molecular formula is C30H21NO. The van der Waals surface area contributed by atoms with Gasteiger partial charge in [-0.15, -0.1) is 0 Å². The van der Waals surface area contributed by atoms with Crippen LogP contribution in [0.3, 0.4) is 0 Å². The van der Waals surface area contributed by atoms with Gasteiger partial charge in [0.05, 0.1) is 0 Å². The molecule has 0 atom stereocenters. The molecule has 0 fully saturated rings. The topological polar surface area (TPSA) is 25.2 Å². The number of anilines is 2. The third-order valence-corrected chi connectivity index (χ3v) is 5.88. The van der Waals surface area contributed by atoms with Crippen LogP contribution in [0.1, 0.15) is 0 Å². The van der Waals surface area contributed by atoms with Gasteiger partial charge >= 0.3 is 0 Å². The smallest absolute Gasteiger partial charge is 0.143 e. The lowest BCUT2D eigenvalue weighted by atomic mass is 10.0. The van der Waals surface area contributed by atoms with E-state index in [0.29, 0.717) is 0 Å². The monoisotopic (exact) mass is 411 g/mol. The molecule has 6 rings (SSSR count). The van der Waals surface area contributed by atoms with Crippen molar-refractivity contribution in [2.45, 2.75) is 0 Å². The highest BCUT2D eigenvalue weighted by atomic mass is 16.3. The summed E-state index contributed by atoms with van der Waals surface area (Å²) in [6.45, 7) is 0. The second-order valence-corrected chi connectivity index (χ2v) is 7.93. The Hall–Kier alpha value is -4.30. The molecule has 2 heteroatoms. The fraction of sp³-hybridized carbons (Fsp3) is 0. The zero-order chi connectivity index (χ0) is 21.3. The maximum Gasteiger partial charge on any atom is 0.143 e. The van der Waals surface area contributed by atoms with Gasteiger partial charge in [-0.1, -0.05) is 91.0 Å². The van der Waals surface area contributed by atoms with E-state index < -0.39 is 0 Å². The molecule has 0 aliphatic heterocycles. The number of hydrogen-bond donors (Lipinski definition) is 1. The van der Waals surface area contributed by atoms with Gasteiger partial charge in [0.25, 0.3) is 0 Å². The minimum absolute atomic E-state index is 0.923. The van der Waals surface area contributed by atoms with E-state index in [9.17, 15) is 0 Å². The highest BCUT2D eigenvalue weighted by molar-refractivity contribution is 6.09. The lowest BCUT2D eigenvalue weighted by molar-refractivity contribution is 0.670. The summed E-state index contributed by atoms with van der Waals surface area (Å²) < 4.78 is 6.20. The van der Waals surface area contributed by atoms with Crippen molar-refractivity contribution in [3.05, 3.63) is 121 Å². The molecule has 1 aromatic heterocycles. The largest absolute Gasteiger partial charge is 0.455 e. The Morgan fingerprint density at radius 1 is 0.438 bits per heavy atom. The van der Waals surface area contributed by atoms with Crippen molar-refractivity contribution in [3.8, 4) is 22.3 Å². The van der Waals surface area contributed by atoms with Crippen LogP contribution >= 0.6 is 0 Å². The molecule has 6 aromatic rings. The highest BCUT2D eigenvalue weighted by Gasteiger charge is 2.11. The van der Waals surface area contributed by atoms with E-state index in [4.69, 9.17) is 4.42 Å². The molecule has 0 spiro atoms. The Labute approximate surface area is 186 Å². The zero-order valence-corrected chi connectivity index (χ0v) is 17.5. The Morgan fingerprint density at radius 3 is 1.78 bits per heavy atom. The van der Waals surface area contributed by atoms with Gasteiger partial charge in [0.1, 0.15) is 11.2 Å². The van der Waals surface area contributed by atoms with Crippen LogP contribution in [0.15, 0.2) is 126 Å². The molecule has 2 nitrogen and oxygen atoms in total. The predicted octanol–water partition coefficient (Wildman–Crippen LogP) is 8.66. The van der Waals surface area contributed by atoms with Crippen molar-refractivity contribution in [3.63, 3.8) is 0 Å². The molecule has 0 radical (unpaired) electrons. The summed E-state index contributed by atoms with van der Waals surface area (Å²) in [6.07, 6.45) is 0. The van der Waals surface area contributed by atoms with Gasteiger partial charge < -0.3 is 9.73 Å². The summed E-state index contributed by atoms with van der Waals surface area (Å²) in [7, 11) is 0. The number of benzene rings is 5. The molecule has 0 saturated heterocycles. The molecule has 0 bridgehead atoms. The third kappa shape index (κ3) is 3.32. The second kappa shape index (κ2) is 7.75. The Balaban J connectivity index is 1.27. The summed E-state index contributed by atoms with van der Waals surface area (Å²) in [6, 6.07) is 42.0. The number of nitrogens with one attached hydrogen (secondary N) is 1. The molecule has 0 aliphatic rings. The molecule has 5 aromatic carbocycles. The van der Waals surface area contributed by atoms with E-state index in [1.54, 1.807) is 0 Å². The number of fused-ring (bicyclic) bond motifs is 3. The van der Waals surface area contributed by atoms with Crippen LogP contribution in [-0.2, 0) is 0 Å². The first kappa shape index (κ1) is 18.5. The van der Waals surface area contributed by atoms with E-state index in [1.807, 2.05) is 18.2 Å². The first-order chi connectivity index (χ1) is 15.8. The van der Waals surface area contributed by atoms with Gasteiger partial charge in [0, 0.05) is 27.7 Å². The van der Waals surface area contributed by atoms with Gasteiger partial charge in [-0.05, 0) is 47.0 Å². The average Bonchev–Trinajstić information content (AvgIpc) is 3.25. The fourth-order valence-corrected chi connectivity index (χ4v) is 4.25. The van der Waals surface area contributed by atoms with E-state index in [1.165, 1.54) is 11.1 Å². The summed E-state index contributed by atoms with van der Waals surface area (Å²) >= 11 is 0. The van der Waals surface area contributed by atoms with Crippen LogP contribution in [0.25, 0.3) is 44.2 Å². The van der Waals surface area contributed by atoms with Crippen LogP contribution in [0.2, 0.25) is 0 Å². The minimum Gasteiger partial charge on any atom is -0.455 e. The normalized spacial score (nSPS) is 11.1. The van der Waals surface area contributed by atoms with Gasteiger partial charge in [-0.2, -0.15) is 0 Å². The van der Waals surface area contributed by atoms with Gasteiger partial charge in [0.2, 0.25) is 0 Å². The molecule has 0 aliphatic carbocycles. The standard InChI is InChI=1S/C30H21NO/c1-2-7-21(8-3-1)22-13-17-24(18-14-22)31-25-19-15-23(16-20-25)26-10-6-11-28-27-9-4-5-12-29(27)32-30(26)28/h1-20,31H. The maximum absolute atomic E-state index is 6.20. The third-order valence-electron chi connectivity index (χ3n) is 5.88. The lowest BCUT2D eigenvalue weighted by Crippen LogP contribution is -1.90. The summed E-state index contributed by atoms with van der Waals surface area (Å²) in [5.74, 6) is 0. The fourth-order valence-electron chi connectivity index (χ4n) is 4.25. The molecule has 0 amide bonds. The number of hydrogen-bond acceptors (Lipinski definition) is 2. The predicted molar refractivity (Wildman–Crippen MR) is 134 cm³/mol. The molecule has 1 N–H and O–H groups in total. The van der Waals surface area contributed by atoms with Crippen LogP contribution in [0.4, 0.5) is 11.4 Å². The first-order valence-electron chi connectivity index (χ1n) is 10.8. The first-order valence-corrected chi connectivity index (χ1v) is 10.8. The molecule has 0 unspecified atom stereocenters. The zero-order valence-electron chi connectivity index (χ0n) is 17.5. The van der Waals surface area contributed by atoms with E-state index in [0.717, 1.165) is 44.4 Å². The van der Waals surface area contributed by atoms with Crippen molar-refractivity contribution in [1.82, 2.24) is 0 Å². The van der Waals surface area contributed by atoms with Gasteiger partial charge in [0.15, 0.2) is 0 Å². The SMILES string of the molecule is c1ccc(-c2ccc(Nc3ccc(-c4cccc5c4oc4ccccc45)cc3)cc2)cc1. The van der Waals surface area contributed by atoms with E-state index >= 15 is 0 Å². The summed E-state index contributed by atoms with van der Waals surface area (Å²) in [5, 5.41) is 5.80. The van der Waals surface area contributed by atoms with E-state index in [2.05, 4.69) is 108 Å². The maximum atomic E-state index is 6.20. The van der Waals surface area contributed by atoms with Gasteiger partial charge in [-0.3, -0.25) is 0 Å². The van der Waals surface area contributed by atoms with Crippen molar-refractivity contribution in [1.29, 1.82) is 0 Å². The Bertz CT molecular complexity index is 1510. The van der Waals surface area contributed by atoms with Crippen molar-refractivity contribution in [2.75, 3.05) is 5.32 Å². The molecular weight excluding hydrogens is 390 g/mol. The average molecular weight is 412 g/mol. The van der Waals surface area contributed by atoms with Crippen LogP contribution in [0, 0.1) is 0 Å². The van der Waals surface area contributed by atoms with Crippen LogP contribution in [-0.4, -0.2) is 0 Å². The molecule has 1 heterocycles. The number of para-hydroxylation sites is 2. The number of rotatable bonds is 4. The number of furan rings is 1. The lowest BCUT2D eigenvalue weighted by Gasteiger charge is -2.09.